The van der Waals surface area contributed by atoms with E-state index in [0.29, 0.717) is 21.9 Å². The van der Waals surface area contributed by atoms with E-state index in [2.05, 4.69) is 176 Å². The van der Waals surface area contributed by atoms with Gasteiger partial charge in [-0.1, -0.05) is 156 Å². The van der Waals surface area contributed by atoms with Crippen LogP contribution in [0.2, 0.25) is 0 Å². The van der Waals surface area contributed by atoms with Crippen LogP contribution in [-0.4, -0.2) is 73.8 Å². The van der Waals surface area contributed by atoms with Crippen molar-refractivity contribution in [2.45, 2.75) is 147 Å². The number of hydrogen-bond acceptors (Lipinski definition) is 3. The maximum atomic E-state index is 14.3. The zero-order chi connectivity index (χ0) is 47.7. The molecule has 7 rings (SSSR count). The van der Waals surface area contributed by atoms with Crippen LogP contribution in [-0.2, 0) is 24.4 Å². The second-order valence-electron chi connectivity index (χ2n) is 21.8. The lowest BCUT2D eigenvalue weighted by Gasteiger charge is -2.43. The second-order valence-corrected chi connectivity index (χ2v) is 23.2. The van der Waals surface area contributed by atoms with Gasteiger partial charge in [0.2, 0.25) is 11.9 Å². The van der Waals surface area contributed by atoms with Gasteiger partial charge in [0.1, 0.15) is 31.6 Å². The molecule has 1 fully saturated rings. The molecule has 3 unspecified atom stereocenters. The summed E-state index contributed by atoms with van der Waals surface area (Å²) in [5, 5.41) is 5.02. The van der Waals surface area contributed by atoms with E-state index in [1.807, 2.05) is 0 Å². The maximum Gasteiger partial charge on any atom is 0.477 e. The summed E-state index contributed by atoms with van der Waals surface area (Å²) in [5.41, 5.74) is 6.99. The summed E-state index contributed by atoms with van der Waals surface area (Å²) in [4.78, 5) is 11.7. The van der Waals surface area contributed by atoms with Gasteiger partial charge in [-0.25, -0.2) is 13.6 Å². The number of allylic oxidation sites excluding steroid dienone is 8. The van der Waals surface area contributed by atoms with Gasteiger partial charge in [-0.3, -0.25) is 4.52 Å². The fraction of sp³-hybridized carbons (Fsp3) is 0.508. The third-order valence-electron chi connectivity index (χ3n) is 15.1. The molecule has 4 aromatic carbocycles. The molecule has 0 amide bonds. The lowest BCUT2D eigenvalue weighted by atomic mass is 9.79. The number of quaternary nitrogens is 2. The van der Waals surface area contributed by atoms with E-state index in [1.165, 1.54) is 126 Å². The molecule has 1 saturated heterocycles. The third kappa shape index (κ3) is 11.7. The fourth-order valence-electron chi connectivity index (χ4n) is 11.7. The van der Waals surface area contributed by atoms with E-state index in [0.717, 1.165) is 32.2 Å². The molecule has 3 aliphatic heterocycles. The first-order valence-electron chi connectivity index (χ1n) is 25.8. The monoisotopic (exact) mass is 929 g/mol. The van der Waals surface area contributed by atoms with Gasteiger partial charge in [0.25, 0.3) is 0 Å². The maximum absolute atomic E-state index is 14.3. The standard InChI is InChI=1S/C59H82N3O4P/c1-58(2)53(60(5)51-42-40-47-33-28-30-35-49(47)56(51)58)37-25-21-20-22-26-38-54-59(3,4)57-50-36-31-29-34-48(50)41-43-52(57)62(54)44-32-24-19-17-15-13-11-9-10-12-14-16-18-23-27-39-55(62)66-67(63,64)65-46-45-61(6,7)8/h20-22,25-26,28-31,33-38,40-43,55H,9-19,23-24,27,32,39,44-46H2,1-8H3/q+2/p+1/b21-20+,26-22+,37-25+,54-38+. The highest BCUT2D eigenvalue weighted by molar-refractivity contribution is 7.47. The van der Waals surface area contributed by atoms with Gasteiger partial charge in [0, 0.05) is 35.8 Å². The van der Waals surface area contributed by atoms with Crippen molar-refractivity contribution in [2.24, 2.45) is 0 Å². The highest BCUT2D eigenvalue weighted by Gasteiger charge is 2.59. The van der Waals surface area contributed by atoms with E-state index >= 15 is 0 Å². The van der Waals surface area contributed by atoms with E-state index in [-0.39, 0.29) is 12.0 Å². The molecule has 4 aromatic rings. The van der Waals surface area contributed by atoms with Crippen molar-refractivity contribution in [2.75, 3.05) is 47.9 Å². The largest absolute Gasteiger partial charge is 0.477 e. The normalized spacial score (nSPS) is 24.1. The summed E-state index contributed by atoms with van der Waals surface area (Å²) in [5.74, 6) is 0. The van der Waals surface area contributed by atoms with Gasteiger partial charge in [0.15, 0.2) is 5.71 Å². The van der Waals surface area contributed by atoms with Crippen LogP contribution in [0.3, 0.4) is 0 Å². The van der Waals surface area contributed by atoms with Gasteiger partial charge in [-0.2, -0.15) is 4.58 Å². The van der Waals surface area contributed by atoms with Crippen LogP contribution in [0.25, 0.3) is 21.5 Å². The molecular formula is C59H83N3O4P+3. The number of fused-ring (bicyclic) bond motifs is 7. The average Bonchev–Trinajstić information content (AvgIpc) is 3.61. The number of nitrogens with zero attached hydrogens (tertiary/aromatic N) is 3. The van der Waals surface area contributed by atoms with Gasteiger partial charge >= 0.3 is 7.82 Å². The smallest absolute Gasteiger partial charge is 0.329 e. The summed E-state index contributed by atoms with van der Waals surface area (Å²) in [6.07, 6.45) is 33.5. The summed E-state index contributed by atoms with van der Waals surface area (Å²) >= 11 is 0. The van der Waals surface area contributed by atoms with Gasteiger partial charge in [-0.15, -0.1) is 0 Å². The number of rotatable bonds is 10. The van der Waals surface area contributed by atoms with Crippen molar-refractivity contribution in [3.63, 3.8) is 0 Å². The highest BCUT2D eigenvalue weighted by atomic mass is 31.2. The lowest BCUT2D eigenvalue weighted by Crippen LogP contribution is -2.57. The molecule has 1 spiro atoms. The molecule has 0 aliphatic carbocycles. The Morgan fingerprint density at radius 3 is 1.81 bits per heavy atom. The number of benzene rings is 4. The molecule has 67 heavy (non-hydrogen) atoms. The van der Waals surface area contributed by atoms with Gasteiger partial charge in [-0.05, 0) is 86.7 Å². The highest BCUT2D eigenvalue weighted by Crippen LogP contribution is 2.59. The minimum absolute atomic E-state index is 0.139. The molecule has 1 N–H and O–H groups in total. The van der Waals surface area contributed by atoms with Crippen molar-refractivity contribution < 1.29 is 27.6 Å². The van der Waals surface area contributed by atoms with Crippen molar-refractivity contribution in [3.05, 3.63) is 132 Å². The third-order valence-corrected chi connectivity index (χ3v) is 16.1. The Hall–Kier alpha value is -3.94. The Balaban J connectivity index is 1.26. The number of hydrogen-bond donors (Lipinski definition) is 1. The molecule has 0 bridgehead atoms. The molecule has 3 atom stereocenters. The lowest BCUT2D eigenvalue weighted by molar-refractivity contribution is -0.870. The predicted octanol–water partition coefficient (Wildman–Crippen LogP) is 15.3. The summed E-state index contributed by atoms with van der Waals surface area (Å²) in [6, 6.07) is 26.5. The Bertz CT molecular complexity index is 2540. The second kappa shape index (κ2) is 22.2. The molecule has 3 aliphatic rings. The van der Waals surface area contributed by atoms with Crippen LogP contribution in [0.15, 0.2) is 121 Å². The summed E-state index contributed by atoms with van der Waals surface area (Å²) < 4.78 is 30.3. The Kier molecular flexibility index (Phi) is 16.9. The first-order valence-corrected chi connectivity index (χ1v) is 27.3. The number of phosphoric ester groups is 1. The van der Waals surface area contributed by atoms with Gasteiger partial charge in [0.05, 0.1) is 38.5 Å². The molecular weight excluding hydrogens is 846 g/mol. The van der Waals surface area contributed by atoms with E-state index < -0.39 is 19.5 Å². The first-order chi connectivity index (χ1) is 32.1. The quantitative estimate of drug-likeness (QED) is 0.0745. The molecule has 0 saturated carbocycles. The van der Waals surface area contributed by atoms with E-state index in [9.17, 15) is 9.46 Å². The van der Waals surface area contributed by atoms with E-state index in [1.54, 1.807) is 0 Å². The molecule has 3 heterocycles. The molecule has 360 valence electrons. The Morgan fingerprint density at radius 2 is 1.19 bits per heavy atom. The minimum atomic E-state index is -4.47. The van der Waals surface area contributed by atoms with Crippen molar-refractivity contribution in [1.29, 1.82) is 0 Å². The van der Waals surface area contributed by atoms with Crippen molar-refractivity contribution in [1.82, 2.24) is 4.48 Å². The topological polar surface area (TPSA) is 58.8 Å². The van der Waals surface area contributed by atoms with Crippen molar-refractivity contribution >= 4 is 46.5 Å². The molecule has 0 aromatic heterocycles. The Labute approximate surface area is 404 Å². The van der Waals surface area contributed by atoms with Crippen LogP contribution >= 0.6 is 7.82 Å². The Morgan fingerprint density at radius 1 is 0.672 bits per heavy atom. The van der Waals surface area contributed by atoms with Crippen LogP contribution in [0.4, 0.5) is 11.4 Å². The first kappa shape index (κ1) is 50.9. The average molecular weight is 929 g/mol. The molecule has 7 nitrogen and oxygen atoms in total. The minimum Gasteiger partial charge on any atom is -0.329 e. The predicted molar refractivity (Wildman–Crippen MR) is 284 cm³/mol. The zero-order valence-electron chi connectivity index (χ0n) is 42.4. The fourth-order valence-corrected chi connectivity index (χ4v) is 12.6. The van der Waals surface area contributed by atoms with Crippen LogP contribution < -0.4 is 4.48 Å². The van der Waals surface area contributed by atoms with Crippen LogP contribution in [0, 0.1) is 0 Å². The number of phosphoric acid groups is 1. The van der Waals surface area contributed by atoms with Crippen LogP contribution in [0.1, 0.15) is 142 Å². The zero-order valence-corrected chi connectivity index (χ0v) is 43.3. The number of likely N-dealkylation sites (N-methyl/N-ethyl adjacent to an activating group) is 1. The summed E-state index contributed by atoms with van der Waals surface area (Å²) in [7, 11) is 3.91. The van der Waals surface area contributed by atoms with Crippen molar-refractivity contribution in [3.8, 4) is 0 Å². The molecule has 8 heteroatoms. The van der Waals surface area contributed by atoms with Gasteiger partial charge < -0.3 is 9.38 Å². The van der Waals surface area contributed by atoms with Crippen LogP contribution in [0.5, 0.6) is 0 Å². The summed E-state index contributed by atoms with van der Waals surface area (Å²) in [6.45, 7) is 10.9. The SMILES string of the molecule is C[N+]1=C(/C=C/C=C/C=C/C=C2\C(C)(C)c3c(ccc4ccccc34)[N+]23CCCCCCCCCCCCCCCCCC3OP(=O)(O)OCC[N+](C)(C)C)C(C)(C)c2c1ccc1ccccc21. The molecule has 0 radical (unpaired) electrons. The van der Waals surface area contributed by atoms with E-state index in [4.69, 9.17) is 9.05 Å².